The average Bonchev–Trinajstić information content (AvgIpc) is 3.00. The molecule has 1 amide bonds. The zero-order valence-electron chi connectivity index (χ0n) is 15.2. The van der Waals surface area contributed by atoms with Crippen molar-refractivity contribution in [2.24, 2.45) is 0 Å². The predicted molar refractivity (Wildman–Crippen MR) is 107 cm³/mol. The van der Waals surface area contributed by atoms with Crippen LogP contribution in [0.15, 0.2) is 84.7 Å². The summed E-state index contributed by atoms with van der Waals surface area (Å²) in [6.07, 6.45) is 3.14. The number of amides is 1. The second kappa shape index (κ2) is 7.12. The second-order valence-electron chi connectivity index (χ2n) is 6.66. The van der Waals surface area contributed by atoms with Gasteiger partial charge in [0, 0.05) is 11.8 Å². The Bertz CT molecular complexity index is 1060. The summed E-state index contributed by atoms with van der Waals surface area (Å²) >= 11 is 0. The number of rotatable bonds is 3. The number of pyridine rings is 1. The molecule has 0 bridgehead atoms. The summed E-state index contributed by atoms with van der Waals surface area (Å²) in [5.74, 6) is -1.58. The minimum atomic E-state index is -0.731. The lowest BCUT2D eigenvalue weighted by molar-refractivity contribution is -0.132. The van der Waals surface area contributed by atoms with Crippen LogP contribution in [-0.4, -0.2) is 21.8 Å². The highest BCUT2D eigenvalue weighted by Gasteiger charge is 2.46. The van der Waals surface area contributed by atoms with E-state index in [2.05, 4.69) is 4.98 Å². The van der Waals surface area contributed by atoms with Crippen molar-refractivity contribution in [1.82, 2.24) is 4.98 Å². The van der Waals surface area contributed by atoms with Gasteiger partial charge in [-0.05, 0) is 24.6 Å². The highest BCUT2D eigenvalue weighted by Crippen LogP contribution is 2.41. The van der Waals surface area contributed by atoms with E-state index in [4.69, 9.17) is 0 Å². The van der Waals surface area contributed by atoms with Crippen molar-refractivity contribution in [2.75, 3.05) is 4.90 Å². The lowest BCUT2D eigenvalue weighted by Gasteiger charge is -2.25. The molecule has 0 radical (unpaired) electrons. The van der Waals surface area contributed by atoms with Crippen LogP contribution < -0.4 is 4.90 Å². The van der Waals surface area contributed by atoms with Gasteiger partial charge in [-0.2, -0.15) is 0 Å². The Morgan fingerprint density at radius 2 is 1.68 bits per heavy atom. The van der Waals surface area contributed by atoms with Gasteiger partial charge in [0.15, 0.2) is 0 Å². The van der Waals surface area contributed by atoms with Crippen molar-refractivity contribution < 1.29 is 14.7 Å². The van der Waals surface area contributed by atoms with Gasteiger partial charge < -0.3 is 5.11 Å². The largest absolute Gasteiger partial charge is 0.507 e. The Kier molecular flexibility index (Phi) is 4.49. The smallest absolute Gasteiger partial charge is 0.300 e. The minimum absolute atomic E-state index is 0.0731. The van der Waals surface area contributed by atoms with E-state index in [1.807, 2.05) is 37.3 Å². The van der Waals surface area contributed by atoms with Crippen LogP contribution >= 0.6 is 0 Å². The fourth-order valence-corrected chi connectivity index (χ4v) is 3.41. The number of hydrogen-bond donors (Lipinski definition) is 1. The molecule has 2 aromatic carbocycles. The molecule has 1 N–H and O–H groups in total. The number of anilines is 1. The summed E-state index contributed by atoms with van der Waals surface area (Å²) in [7, 11) is 0. The minimum Gasteiger partial charge on any atom is -0.507 e. The molecular formula is C23H18N2O3. The second-order valence-corrected chi connectivity index (χ2v) is 6.66. The maximum Gasteiger partial charge on any atom is 0.300 e. The van der Waals surface area contributed by atoms with E-state index < -0.39 is 17.7 Å². The molecule has 138 valence electrons. The van der Waals surface area contributed by atoms with E-state index in [1.165, 1.54) is 11.1 Å². The van der Waals surface area contributed by atoms with Crippen molar-refractivity contribution in [3.05, 3.63) is 101 Å². The van der Waals surface area contributed by atoms with Gasteiger partial charge in [0.2, 0.25) is 0 Å². The van der Waals surface area contributed by atoms with Crippen LogP contribution in [0.25, 0.3) is 5.76 Å². The molecule has 1 aromatic heterocycles. The molecule has 28 heavy (non-hydrogen) atoms. The quantitative estimate of drug-likeness (QED) is 0.429. The molecular weight excluding hydrogens is 352 g/mol. The molecule has 4 rings (SSSR count). The third-order valence-electron chi connectivity index (χ3n) is 4.81. The Morgan fingerprint density at radius 1 is 0.964 bits per heavy atom. The van der Waals surface area contributed by atoms with E-state index in [0.717, 1.165) is 11.1 Å². The molecule has 0 aliphatic carbocycles. The molecule has 0 saturated carbocycles. The number of carbonyl (C=O) groups excluding carboxylic acids is 2. The van der Waals surface area contributed by atoms with Gasteiger partial charge >= 0.3 is 0 Å². The van der Waals surface area contributed by atoms with Gasteiger partial charge in [-0.1, -0.05) is 60.2 Å². The van der Waals surface area contributed by atoms with Gasteiger partial charge in [-0.3, -0.25) is 19.5 Å². The third-order valence-corrected chi connectivity index (χ3v) is 4.81. The summed E-state index contributed by atoms with van der Waals surface area (Å²) in [6, 6.07) is 19.1. The van der Waals surface area contributed by atoms with Crippen LogP contribution in [0.1, 0.15) is 22.7 Å². The first-order valence-corrected chi connectivity index (χ1v) is 8.91. The summed E-state index contributed by atoms with van der Waals surface area (Å²) < 4.78 is 0. The van der Waals surface area contributed by atoms with Crippen molar-refractivity contribution in [3.63, 3.8) is 0 Å². The predicted octanol–water partition coefficient (Wildman–Crippen LogP) is 4.02. The number of nitrogens with zero attached hydrogens (tertiary/aromatic N) is 2. The van der Waals surface area contributed by atoms with Crippen LogP contribution in [0.5, 0.6) is 0 Å². The number of aliphatic hydroxyl groups is 1. The number of Topliss-reactive ketones (excluding diaryl/α,β-unsaturated/α-hetero) is 1. The summed E-state index contributed by atoms with van der Waals surface area (Å²) in [4.78, 5) is 31.3. The summed E-state index contributed by atoms with van der Waals surface area (Å²) in [5.41, 5.74) is 2.87. The Balaban J connectivity index is 1.95. The van der Waals surface area contributed by atoms with Crippen LogP contribution in [-0.2, 0) is 9.59 Å². The standard InChI is InChI=1S/C23H18N2O3/c1-15-9-11-16(12-10-15)20-19(21(26)17-6-3-2-4-7-17)22(27)23(28)25(20)18-8-5-13-24-14-18/h2-14,20,26H,1H3/b21-19+. The molecule has 1 fully saturated rings. The normalized spacial score (nSPS) is 18.5. The van der Waals surface area contributed by atoms with E-state index in [1.54, 1.807) is 42.6 Å². The lowest BCUT2D eigenvalue weighted by atomic mass is 9.94. The van der Waals surface area contributed by atoms with Gasteiger partial charge in [-0.25, -0.2) is 0 Å². The van der Waals surface area contributed by atoms with Gasteiger partial charge in [0.25, 0.3) is 11.7 Å². The highest BCUT2D eigenvalue weighted by atomic mass is 16.3. The topological polar surface area (TPSA) is 70.5 Å². The number of carbonyl (C=O) groups is 2. The number of aryl methyl sites for hydroxylation is 1. The zero-order valence-corrected chi connectivity index (χ0v) is 15.2. The number of ketones is 1. The number of aliphatic hydroxyl groups excluding tert-OH is 1. The first-order valence-electron chi connectivity index (χ1n) is 8.91. The fourth-order valence-electron chi connectivity index (χ4n) is 3.41. The monoisotopic (exact) mass is 370 g/mol. The molecule has 1 atom stereocenters. The number of aromatic nitrogens is 1. The lowest BCUT2D eigenvalue weighted by Crippen LogP contribution is -2.29. The molecule has 1 aliphatic heterocycles. The van der Waals surface area contributed by atoms with E-state index in [-0.39, 0.29) is 11.3 Å². The van der Waals surface area contributed by atoms with Gasteiger partial charge in [-0.15, -0.1) is 0 Å². The number of hydrogen-bond acceptors (Lipinski definition) is 4. The molecule has 1 unspecified atom stereocenters. The van der Waals surface area contributed by atoms with Gasteiger partial charge in [0.05, 0.1) is 23.5 Å². The highest BCUT2D eigenvalue weighted by molar-refractivity contribution is 6.51. The average molecular weight is 370 g/mol. The number of benzene rings is 2. The summed E-state index contributed by atoms with van der Waals surface area (Å²) in [5, 5.41) is 10.9. The molecule has 5 heteroatoms. The maximum absolute atomic E-state index is 12.9. The van der Waals surface area contributed by atoms with Crippen molar-refractivity contribution in [1.29, 1.82) is 0 Å². The van der Waals surface area contributed by atoms with E-state index >= 15 is 0 Å². The molecule has 0 spiro atoms. The molecule has 1 saturated heterocycles. The van der Waals surface area contributed by atoms with Crippen LogP contribution in [0.3, 0.4) is 0 Å². The van der Waals surface area contributed by atoms with E-state index in [9.17, 15) is 14.7 Å². The molecule has 2 heterocycles. The fraction of sp³-hybridized carbons (Fsp3) is 0.0870. The Morgan fingerprint density at radius 3 is 2.32 bits per heavy atom. The Hall–Kier alpha value is -3.73. The van der Waals surface area contributed by atoms with Crippen LogP contribution in [0, 0.1) is 6.92 Å². The summed E-state index contributed by atoms with van der Waals surface area (Å²) in [6.45, 7) is 1.96. The van der Waals surface area contributed by atoms with Crippen molar-refractivity contribution >= 4 is 23.1 Å². The van der Waals surface area contributed by atoms with E-state index in [0.29, 0.717) is 11.3 Å². The van der Waals surface area contributed by atoms with Crippen LogP contribution in [0.2, 0.25) is 0 Å². The third kappa shape index (κ3) is 2.97. The first kappa shape index (κ1) is 17.7. The maximum atomic E-state index is 12.9. The van der Waals surface area contributed by atoms with Crippen molar-refractivity contribution in [2.45, 2.75) is 13.0 Å². The molecule has 1 aliphatic rings. The zero-order chi connectivity index (χ0) is 19.7. The van der Waals surface area contributed by atoms with Crippen molar-refractivity contribution in [3.8, 4) is 0 Å². The SMILES string of the molecule is Cc1ccc(C2/C(=C(\O)c3ccccc3)C(=O)C(=O)N2c2cccnc2)cc1. The molecule has 3 aromatic rings. The first-order chi connectivity index (χ1) is 13.6. The molecule has 5 nitrogen and oxygen atoms in total. The van der Waals surface area contributed by atoms with Crippen LogP contribution in [0.4, 0.5) is 5.69 Å². The Labute approximate surface area is 162 Å². The van der Waals surface area contributed by atoms with Gasteiger partial charge in [0.1, 0.15) is 5.76 Å².